The van der Waals surface area contributed by atoms with Gasteiger partial charge in [0, 0.05) is 12.0 Å². The van der Waals surface area contributed by atoms with Crippen LogP contribution in [0.2, 0.25) is 0 Å². The van der Waals surface area contributed by atoms with Gasteiger partial charge in [-0.1, -0.05) is 36.4 Å². The summed E-state index contributed by atoms with van der Waals surface area (Å²) < 4.78 is 31.0. The molecule has 190 valence electrons. The average Bonchev–Trinajstić information content (AvgIpc) is 3.16. The topological polar surface area (TPSA) is 120 Å². The molecule has 2 N–H and O–H groups in total. The Balaban J connectivity index is 1.70. The van der Waals surface area contributed by atoms with E-state index in [1.54, 1.807) is 60.7 Å². The minimum atomic E-state index is -1.72. The van der Waals surface area contributed by atoms with Crippen molar-refractivity contribution in [1.82, 2.24) is 10.6 Å². The number of benzene rings is 2. The number of nitrogens with one attached hydrogen (secondary N) is 2. The molecule has 0 aromatic heterocycles. The first kappa shape index (κ1) is 26.4. The summed E-state index contributed by atoms with van der Waals surface area (Å²) in [7, 11) is 1.35. The minimum Gasteiger partial charge on any atom is -0.504 e. The van der Waals surface area contributed by atoms with Gasteiger partial charge in [-0.05, 0) is 31.2 Å². The maximum absolute atomic E-state index is 15.4. The zero-order valence-corrected chi connectivity index (χ0v) is 19.8. The molecule has 4 atom stereocenters. The number of urea groups is 1. The number of carbonyl (C=O) groups excluding carboxylic acids is 4. The van der Waals surface area contributed by atoms with Crippen LogP contribution in [0.15, 0.2) is 72.5 Å². The number of amides is 3. The fraction of sp³-hybridized carbons (Fsp3) is 0.308. The second-order valence-electron chi connectivity index (χ2n) is 8.19. The Hall–Kier alpha value is -4.21. The second kappa shape index (κ2) is 12.5. The van der Waals surface area contributed by atoms with Crippen molar-refractivity contribution in [1.29, 1.82) is 0 Å². The Morgan fingerprint density at radius 2 is 1.56 bits per heavy atom. The molecular formula is C26H27FN2O7. The maximum Gasteiger partial charge on any atom is 0.338 e. The van der Waals surface area contributed by atoms with Crippen molar-refractivity contribution < 1.29 is 37.8 Å². The van der Waals surface area contributed by atoms with Crippen molar-refractivity contribution in [3.05, 3.63) is 83.6 Å². The first-order valence-corrected chi connectivity index (χ1v) is 11.2. The van der Waals surface area contributed by atoms with Crippen molar-refractivity contribution in [2.75, 3.05) is 13.7 Å². The lowest BCUT2D eigenvalue weighted by molar-refractivity contribution is -0.116. The summed E-state index contributed by atoms with van der Waals surface area (Å²) in [5, 5.41) is 4.49. The van der Waals surface area contributed by atoms with Gasteiger partial charge in [0.05, 0.1) is 36.5 Å². The number of halogens is 1. The summed E-state index contributed by atoms with van der Waals surface area (Å²) in [5.41, 5.74) is 0.695. The highest BCUT2D eigenvalue weighted by molar-refractivity contribution is 6.03. The van der Waals surface area contributed by atoms with Crippen LogP contribution in [0.25, 0.3) is 0 Å². The van der Waals surface area contributed by atoms with Crippen LogP contribution in [0, 0.1) is 5.92 Å². The fourth-order valence-corrected chi connectivity index (χ4v) is 3.78. The molecule has 1 aliphatic carbocycles. The average molecular weight is 499 g/mol. The Bertz CT molecular complexity index is 1110. The number of methoxy groups -OCH3 is 1. The monoisotopic (exact) mass is 498 g/mol. The minimum absolute atomic E-state index is 0.0816. The van der Waals surface area contributed by atoms with E-state index in [-0.39, 0.29) is 29.7 Å². The van der Waals surface area contributed by atoms with E-state index in [0.29, 0.717) is 0 Å². The van der Waals surface area contributed by atoms with Crippen molar-refractivity contribution in [2.24, 2.45) is 5.92 Å². The predicted octanol–water partition coefficient (Wildman–Crippen LogP) is 3.17. The lowest BCUT2D eigenvalue weighted by atomic mass is 10.1. The van der Waals surface area contributed by atoms with Gasteiger partial charge in [0.2, 0.25) is 0 Å². The van der Waals surface area contributed by atoms with Gasteiger partial charge >= 0.3 is 18.0 Å². The molecule has 0 aliphatic heterocycles. The smallest absolute Gasteiger partial charge is 0.338 e. The molecule has 10 heteroatoms. The van der Waals surface area contributed by atoms with Gasteiger partial charge in [0.15, 0.2) is 0 Å². The molecule has 1 aliphatic rings. The quantitative estimate of drug-likeness (QED) is 0.326. The highest BCUT2D eigenvalue weighted by Crippen LogP contribution is 2.33. The maximum atomic E-state index is 15.4. The van der Waals surface area contributed by atoms with Crippen LogP contribution in [-0.4, -0.2) is 55.9 Å². The highest BCUT2D eigenvalue weighted by Gasteiger charge is 2.47. The van der Waals surface area contributed by atoms with Gasteiger partial charge in [-0.3, -0.25) is 10.1 Å². The van der Waals surface area contributed by atoms with Crippen molar-refractivity contribution in [3.63, 3.8) is 0 Å². The fourth-order valence-electron chi connectivity index (χ4n) is 3.78. The van der Waals surface area contributed by atoms with E-state index in [0.717, 1.165) is 6.26 Å². The molecule has 0 unspecified atom stereocenters. The van der Waals surface area contributed by atoms with Crippen molar-refractivity contribution in [3.8, 4) is 0 Å². The molecule has 1 fully saturated rings. The predicted molar refractivity (Wildman–Crippen MR) is 127 cm³/mol. The molecule has 0 bridgehead atoms. The third-order valence-corrected chi connectivity index (χ3v) is 5.64. The molecule has 2 aromatic carbocycles. The first-order chi connectivity index (χ1) is 17.3. The molecule has 0 saturated heterocycles. The molecule has 3 amide bonds. The van der Waals surface area contributed by atoms with Crippen molar-refractivity contribution in [2.45, 2.75) is 31.7 Å². The Kier molecular flexibility index (Phi) is 9.15. The third-order valence-electron chi connectivity index (χ3n) is 5.64. The summed E-state index contributed by atoms with van der Waals surface area (Å²) >= 11 is 0. The van der Waals surface area contributed by atoms with Gasteiger partial charge in [0.25, 0.3) is 5.91 Å². The number of alkyl halides is 1. The first-order valence-electron chi connectivity index (χ1n) is 11.2. The van der Waals surface area contributed by atoms with E-state index >= 15 is 4.39 Å². The van der Waals surface area contributed by atoms with Crippen LogP contribution in [0.5, 0.6) is 0 Å². The van der Waals surface area contributed by atoms with E-state index in [1.165, 1.54) is 14.0 Å². The Labute approximate surface area is 207 Å². The van der Waals surface area contributed by atoms with Gasteiger partial charge in [-0.15, -0.1) is 0 Å². The summed E-state index contributed by atoms with van der Waals surface area (Å²) in [6.45, 7) is 1.06. The molecule has 2 aromatic rings. The Morgan fingerprint density at radius 1 is 0.972 bits per heavy atom. The summed E-state index contributed by atoms with van der Waals surface area (Å²) in [5.74, 6) is -3.09. The van der Waals surface area contributed by atoms with Gasteiger partial charge in [0.1, 0.15) is 18.9 Å². The van der Waals surface area contributed by atoms with E-state index in [2.05, 4.69) is 10.6 Å². The third kappa shape index (κ3) is 6.91. The normalized spacial score (nSPS) is 21.2. The number of ether oxygens (including phenoxy) is 3. The molecule has 9 nitrogen and oxygen atoms in total. The summed E-state index contributed by atoms with van der Waals surface area (Å²) in [6.07, 6.45) is -1.64. The Morgan fingerprint density at radius 3 is 2.14 bits per heavy atom. The van der Waals surface area contributed by atoms with Crippen LogP contribution in [0.4, 0.5) is 9.18 Å². The molecule has 0 radical (unpaired) electrons. The SMILES string of the molecule is CO/C=C(\C)C(=O)NC(=O)N[C@H]1C[C@H](OC(=O)c2ccccc2)[C@@H](COC(=O)c2ccccc2)[C@@H]1F. The molecule has 0 heterocycles. The molecular weight excluding hydrogens is 471 g/mol. The summed E-state index contributed by atoms with van der Waals surface area (Å²) in [6, 6.07) is 14.3. The number of esters is 2. The number of hydrogen-bond donors (Lipinski definition) is 2. The van der Waals surface area contributed by atoms with Gasteiger partial charge in [-0.2, -0.15) is 0 Å². The van der Waals surface area contributed by atoms with Crippen LogP contribution in [-0.2, 0) is 19.0 Å². The molecule has 3 rings (SSSR count). The van der Waals surface area contributed by atoms with E-state index in [1.807, 2.05) is 0 Å². The number of imide groups is 1. The van der Waals surface area contributed by atoms with Crippen molar-refractivity contribution >= 4 is 23.9 Å². The molecule has 1 saturated carbocycles. The van der Waals surface area contributed by atoms with Crippen LogP contribution in [0.1, 0.15) is 34.1 Å². The lowest BCUT2D eigenvalue weighted by Gasteiger charge is -2.21. The molecule has 36 heavy (non-hydrogen) atoms. The van der Waals surface area contributed by atoms with Crippen LogP contribution in [0.3, 0.4) is 0 Å². The van der Waals surface area contributed by atoms with Gasteiger partial charge < -0.3 is 19.5 Å². The highest BCUT2D eigenvalue weighted by atomic mass is 19.1. The van der Waals surface area contributed by atoms with Crippen LogP contribution >= 0.6 is 0 Å². The van der Waals surface area contributed by atoms with Crippen LogP contribution < -0.4 is 10.6 Å². The summed E-state index contributed by atoms with van der Waals surface area (Å²) in [4.78, 5) is 49.3. The second-order valence-corrected chi connectivity index (χ2v) is 8.19. The standard InChI is InChI=1S/C26H27FN2O7/c1-16(14-34-2)23(30)29-26(33)28-20-13-21(36-25(32)18-11-7-4-8-12-18)19(22(20)27)15-35-24(31)17-9-5-3-6-10-17/h3-12,14,19-22H,13,15H2,1-2H3,(H2,28,29,30,33)/b16-14+/t19-,20+,21+,22+/m1/s1. The van der Waals surface area contributed by atoms with E-state index < -0.39 is 48.1 Å². The number of carbonyl (C=O) groups is 4. The largest absolute Gasteiger partial charge is 0.504 e. The zero-order chi connectivity index (χ0) is 26.1. The number of hydrogen-bond acceptors (Lipinski definition) is 7. The van der Waals surface area contributed by atoms with Gasteiger partial charge in [-0.25, -0.2) is 18.8 Å². The van der Waals surface area contributed by atoms with E-state index in [9.17, 15) is 19.2 Å². The molecule has 0 spiro atoms. The lowest BCUT2D eigenvalue weighted by Crippen LogP contribution is -2.47. The zero-order valence-electron chi connectivity index (χ0n) is 19.8. The van der Waals surface area contributed by atoms with E-state index in [4.69, 9.17) is 14.2 Å². The number of rotatable bonds is 8.